The van der Waals surface area contributed by atoms with Crippen LogP contribution in [0.3, 0.4) is 0 Å². The lowest BCUT2D eigenvalue weighted by Crippen LogP contribution is -2.25. The number of benzene rings is 7. The Bertz CT molecular complexity index is 3610. The van der Waals surface area contributed by atoms with Crippen LogP contribution in [0.2, 0.25) is 0 Å². The second-order valence-electron chi connectivity index (χ2n) is 15.0. The van der Waals surface area contributed by atoms with Gasteiger partial charge < -0.3 is 23.7 Å². The molecule has 0 spiro atoms. The first-order valence-corrected chi connectivity index (χ1v) is 19.3. The number of aryl methyl sites for hydroxylation is 3. The first kappa shape index (κ1) is 27.1. The molecule has 0 aliphatic carbocycles. The molecule has 0 amide bonds. The number of hydrogen-bond acceptors (Lipinski definition) is 4. The normalized spacial score (nSPS) is 14.9. The lowest BCUT2D eigenvalue weighted by atomic mass is 10.1. The van der Waals surface area contributed by atoms with Crippen molar-refractivity contribution in [3.63, 3.8) is 0 Å². The van der Waals surface area contributed by atoms with Gasteiger partial charge >= 0.3 is 0 Å². The first-order valence-electron chi connectivity index (χ1n) is 22.3. The van der Waals surface area contributed by atoms with Crippen molar-refractivity contribution in [1.82, 2.24) is 18.7 Å². The number of para-hydroxylation sites is 5. The van der Waals surface area contributed by atoms with Gasteiger partial charge in [0.05, 0.1) is 39.1 Å². The number of fused-ring (bicyclic) bond motifs is 10. The Balaban J connectivity index is 1.03. The molecule has 4 aromatic heterocycles. The summed E-state index contributed by atoms with van der Waals surface area (Å²) in [6.45, 7) is -2.89. The molecule has 0 N–H and O–H groups in total. The Hall–Kier alpha value is -7.51. The van der Waals surface area contributed by atoms with E-state index in [4.69, 9.17) is 17.9 Å². The van der Waals surface area contributed by atoms with Crippen LogP contribution >= 0.6 is 0 Å². The van der Waals surface area contributed by atoms with Gasteiger partial charge in [-0.3, -0.25) is 4.57 Å². The predicted octanol–water partition coefficient (Wildman–Crippen LogP) is 12.8. The molecule has 7 aromatic carbocycles. The van der Waals surface area contributed by atoms with Crippen LogP contribution in [-0.4, -0.2) is 25.4 Å². The fourth-order valence-electron chi connectivity index (χ4n) is 9.18. The van der Waals surface area contributed by atoms with E-state index in [2.05, 4.69) is 51.6 Å². The number of ether oxygens (including phenoxy) is 1. The van der Waals surface area contributed by atoms with Gasteiger partial charge in [0, 0.05) is 89.5 Å². The van der Waals surface area contributed by atoms with Gasteiger partial charge in [0.2, 0.25) is 0 Å². The average Bonchev–Trinajstić information content (AvgIpc) is 4.02. The number of pyridine rings is 1. The minimum atomic E-state index is -2.60. The van der Waals surface area contributed by atoms with Crippen LogP contribution in [0.1, 0.15) is 13.8 Å². The van der Waals surface area contributed by atoms with E-state index in [9.17, 15) is 0 Å². The molecule has 0 unspecified atom stereocenters. The van der Waals surface area contributed by atoms with Gasteiger partial charge in [0.25, 0.3) is 0 Å². The van der Waals surface area contributed by atoms with Gasteiger partial charge in [0.1, 0.15) is 24.0 Å². The smallest absolute Gasteiger partial charge is 0.137 e. The fraction of sp³-hybridized carbons (Fsp3) is 0.0784. The monoisotopic (exact) mass is 756 g/mol. The Morgan fingerprint density at radius 3 is 1.81 bits per heavy atom. The lowest BCUT2D eigenvalue weighted by molar-refractivity contribution is 0.483. The second kappa shape index (κ2) is 12.2. The van der Waals surface area contributed by atoms with Gasteiger partial charge in [0.15, 0.2) is 0 Å². The number of aromatic nitrogens is 4. The van der Waals surface area contributed by atoms with Gasteiger partial charge in [-0.2, -0.15) is 0 Å². The van der Waals surface area contributed by atoms with Crippen molar-refractivity contribution in [2.24, 2.45) is 14.0 Å². The highest BCUT2D eigenvalue weighted by molar-refractivity contribution is 6.25. The molecule has 0 fully saturated rings. The van der Waals surface area contributed by atoms with E-state index < -0.39 is 14.0 Å². The van der Waals surface area contributed by atoms with Crippen molar-refractivity contribution in [1.29, 1.82) is 0 Å². The molecule has 1 aliphatic heterocycles. The minimum Gasteiger partial charge on any atom is -0.457 e. The molecule has 7 heteroatoms. The zero-order chi connectivity index (χ0) is 43.6. The van der Waals surface area contributed by atoms with E-state index in [1.165, 1.54) is 9.13 Å². The van der Waals surface area contributed by atoms with Gasteiger partial charge in [-0.15, -0.1) is 0 Å². The van der Waals surface area contributed by atoms with Crippen LogP contribution < -0.4 is 14.5 Å². The van der Waals surface area contributed by atoms with Crippen LogP contribution in [0, 0.1) is 6.92 Å². The van der Waals surface area contributed by atoms with Crippen molar-refractivity contribution in [2.45, 2.75) is 6.92 Å². The van der Waals surface area contributed by atoms with Gasteiger partial charge in [-0.25, -0.2) is 4.98 Å². The molecule has 278 valence electrons. The standard InChI is InChI=1S/C51H38N6O/c1-32-25-26-52-48(27-32)57-44-20-9-6-15-36(44)39-24-23-35(29-47(39)57)58-34-14-12-13-33(28-34)55-31-56(46-22-11-10-21-45(46)55)51-49-40(37-16-4-7-18-42(37)53(49)2)30-41-38-17-5-8-19-43(38)54(3)50(41)51/h4-30H,31H2,1-3H3/i2D3,3D3. The second-order valence-corrected chi connectivity index (χ2v) is 15.0. The van der Waals surface area contributed by atoms with Crippen molar-refractivity contribution in [2.75, 3.05) is 16.5 Å². The highest BCUT2D eigenvalue weighted by Gasteiger charge is 2.33. The summed E-state index contributed by atoms with van der Waals surface area (Å²) in [6, 6.07) is 51.4. The van der Waals surface area contributed by atoms with Crippen LogP contribution in [0.4, 0.5) is 22.7 Å². The average molecular weight is 757 g/mol. The van der Waals surface area contributed by atoms with E-state index >= 15 is 0 Å². The van der Waals surface area contributed by atoms with E-state index in [1.54, 1.807) is 0 Å². The number of hydrogen-bond donors (Lipinski definition) is 0. The van der Waals surface area contributed by atoms with Crippen LogP contribution in [-0.2, 0) is 14.0 Å². The zero-order valence-corrected chi connectivity index (χ0v) is 31.4. The Morgan fingerprint density at radius 2 is 1.12 bits per heavy atom. The third kappa shape index (κ3) is 4.64. The molecule has 1 aliphatic rings. The summed E-state index contributed by atoms with van der Waals surface area (Å²) < 4.78 is 65.2. The molecule has 0 saturated carbocycles. The predicted molar refractivity (Wildman–Crippen MR) is 240 cm³/mol. The largest absolute Gasteiger partial charge is 0.457 e. The van der Waals surface area contributed by atoms with Crippen molar-refractivity contribution in [3.05, 3.63) is 169 Å². The lowest BCUT2D eigenvalue weighted by Gasteiger charge is -2.25. The molecule has 5 heterocycles. The molecule has 0 bridgehead atoms. The molecule has 0 radical (unpaired) electrons. The Labute approximate surface area is 343 Å². The van der Waals surface area contributed by atoms with Crippen molar-refractivity contribution >= 4 is 88.2 Å². The first-order chi connectivity index (χ1) is 30.9. The van der Waals surface area contributed by atoms with Gasteiger partial charge in [-0.05, 0) is 85.3 Å². The summed E-state index contributed by atoms with van der Waals surface area (Å²) in [5.74, 6) is 2.11. The SMILES string of the molecule is [2H]C([2H])([2H])n1c2ccccc2c2cc3c4ccccc4n(C([2H])([2H])[2H])c3c(N3CN(c4cccc(Oc5ccc6c7ccccc7n(-c7cc(C)ccn7)c6c5)c4)c4ccccc43)c21. The van der Waals surface area contributed by atoms with E-state index in [0.717, 1.165) is 71.8 Å². The molecular formula is C51H38N6O. The molecular weight excluding hydrogens is 713 g/mol. The molecule has 0 saturated heterocycles. The molecule has 11 aromatic rings. The number of anilines is 4. The molecule has 12 rings (SSSR count). The van der Waals surface area contributed by atoms with Crippen molar-refractivity contribution in [3.8, 4) is 17.3 Å². The van der Waals surface area contributed by atoms with E-state index in [1.807, 2.05) is 134 Å². The van der Waals surface area contributed by atoms with Crippen LogP contribution in [0.5, 0.6) is 11.5 Å². The third-order valence-corrected chi connectivity index (χ3v) is 11.7. The number of rotatable bonds is 5. The molecule has 58 heavy (non-hydrogen) atoms. The third-order valence-electron chi connectivity index (χ3n) is 11.7. The highest BCUT2D eigenvalue weighted by atomic mass is 16.5. The summed E-state index contributed by atoms with van der Waals surface area (Å²) in [7, 11) is 0. The Kier molecular flexibility index (Phi) is 5.73. The summed E-state index contributed by atoms with van der Waals surface area (Å²) in [5.41, 5.74) is 8.10. The molecule has 0 atom stereocenters. The molecule has 7 nitrogen and oxygen atoms in total. The summed E-state index contributed by atoms with van der Waals surface area (Å²) in [5, 5.41) is 5.20. The maximum absolute atomic E-state index is 8.92. The summed E-state index contributed by atoms with van der Waals surface area (Å²) >= 11 is 0. The van der Waals surface area contributed by atoms with E-state index in [0.29, 0.717) is 39.3 Å². The van der Waals surface area contributed by atoms with Crippen molar-refractivity contribution < 1.29 is 13.0 Å². The number of nitrogens with zero attached hydrogens (tertiary/aromatic N) is 6. The minimum absolute atomic E-state index is 0.248. The highest BCUT2D eigenvalue weighted by Crippen LogP contribution is 2.51. The maximum Gasteiger partial charge on any atom is 0.137 e. The van der Waals surface area contributed by atoms with Crippen LogP contribution in [0.25, 0.3) is 71.2 Å². The van der Waals surface area contributed by atoms with E-state index in [-0.39, 0.29) is 6.67 Å². The quantitative estimate of drug-likeness (QED) is 0.175. The topological polar surface area (TPSA) is 43.4 Å². The van der Waals surface area contributed by atoms with Crippen LogP contribution in [0.15, 0.2) is 164 Å². The zero-order valence-electron chi connectivity index (χ0n) is 37.4. The maximum atomic E-state index is 8.92. The summed E-state index contributed by atoms with van der Waals surface area (Å²) in [6.07, 6.45) is 1.83. The van der Waals surface area contributed by atoms with Gasteiger partial charge in [-0.1, -0.05) is 72.8 Å². The summed E-state index contributed by atoms with van der Waals surface area (Å²) in [4.78, 5) is 8.97. The Morgan fingerprint density at radius 1 is 0.517 bits per heavy atom. The fourth-order valence-corrected chi connectivity index (χ4v) is 9.18.